The van der Waals surface area contributed by atoms with Crippen molar-refractivity contribution in [3.05, 3.63) is 59.8 Å². The van der Waals surface area contributed by atoms with E-state index in [9.17, 15) is 0 Å². The van der Waals surface area contributed by atoms with E-state index in [1.165, 1.54) is 0 Å². The Kier molecular flexibility index (Phi) is 5.92. The van der Waals surface area contributed by atoms with Gasteiger partial charge >= 0.3 is 0 Å². The number of tetrazole rings is 1. The van der Waals surface area contributed by atoms with Crippen LogP contribution in [-0.4, -0.2) is 40.4 Å². The zero-order valence-corrected chi connectivity index (χ0v) is 17.6. The van der Waals surface area contributed by atoms with Gasteiger partial charge in [-0.15, -0.1) is 5.10 Å². The van der Waals surface area contributed by atoms with E-state index in [2.05, 4.69) is 47.5 Å². The summed E-state index contributed by atoms with van der Waals surface area (Å²) in [6, 6.07) is 12.1. The summed E-state index contributed by atoms with van der Waals surface area (Å²) in [5.74, 6) is 2.92. The highest BCUT2D eigenvalue weighted by Gasteiger charge is 2.15. The number of aromatic amines is 1. The minimum atomic E-state index is 0.365. The first-order valence-corrected chi connectivity index (χ1v) is 10.4. The lowest BCUT2D eigenvalue weighted by Crippen LogP contribution is -2.06. The van der Waals surface area contributed by atoms with Crippen LogP contribution in [-0.2, 0) is 13.0 Å². The molecule has 8 heteroatoms. The van der Waals surface area contributed by atoms with E-state index in [-0.39, 0.29) is 0 Å². The zero-order valence-electron chi connectivity index (χ0n) is 17.6. The molecule has 0 aliphatic rings. The largest absolute Gasteiger partial charge is 0.256 e. The molecule has 8 nitrogen and oxygen atoms in total. The normalized spacial score (nSPS) is 12.2. The monoisotopic (exact) mass is 402 g/mol. The molecule has 1 atom stereocenters. The van der Waals surface area contributed by atoms with Gasteiger partial charge in [-0.05, 0) is 34.9 Å². The van der Waals surface area contributed by atoms with Gasteiger partial charge < -0.3 is 0 Å². The van der Waals surface area contributed by atoms with E-state index in [0.29, 0.717) is 18.2 Å². The highest BCUT2D eigenvalue weighted by Crippen LogP contribution is 2.28. The Balaban J connectivity index is 1.59. The summed E-state index contributed by atoms with van der Waals surface area (Å²) in [7, 11) is 0. The lowest BCUT2D eigenvalue weighted by Gasteiger charge is -2.08. The molecule has 0 aliphatic heterocycles. The van der Waals surface area contributed by atoms with Crippen molar-refractivity contribution in [2.24, 2.45) is 0 Å². The number of nitrogens with one attached hydrogen (secondary N) is 1. The number of aromatic nitrogens is 8. The number of hydrogen-bond donors (Lipinski definition) is 1. The van der Waals surface area contributed by atoms with E-state index >= 15 is 0 Å². The van der Waals surface area contributed by atoms with Crippen LogP contribution in [0.25, 0.3) is 22.6 Å². The van der Waals surface area contributed by atoms with Crippen molar-refractivity contribution in [1.29, 1.82) is 0 Å². The first-order valence-electron chi connectivity index (χ1n) is 10.4. The van der Waals surface area contributed by atoms with E-state index in [1.54, 1.807) is 0 Å². The predicted molar refractivity (Wildman–Crippen MR) is 115 cm³/mol. The van der Waals surface area contributed by atoms with Gasteiger partial charge in [0.2, 0.25) is 0 Å². The molecule has 0 radical (unpaired) electrons. The fourth-order valence-electron chi connectivity index (χ4n) is 3.36. The Morgan fingerprint density at radius 2 is 1.90 bits per heavy atom. The Bertz CT molecular complexity index is 1080. The van der Waals surface area contributed by atoms with Crippen LogP contribution >= 0.6 is 0 Å². The maximum absolute atomic E-state index is 4.82. The predicted octanol–water partition coefficient (Wildman–Crippen LogP) is 4.03. The van der Waals surface area contributed by atoms with Gasteiger partial charge in [0, 0.05) is 36.2 Å². The Morgan fingerprint density at radius 3 is 2.57 bits per heavy atom. The van der Waals surface area contributed by atoms with Crippen molar-refractivity contribution in [3.63, 3.8) is 0 Å². The van der Waals surface area contributed by atoms with Crippen molar-refractivity contribution in [2.75, 3.05) is 0 Å². The molecule has 4 rings (SSSR count). The fraction of sp³-hybridized carbons (Fsp3) is 0.364. The average molecular weight is 403 g/mol. The molecule has 0 saturated carbocycles. The Hall–Kier alpha value is -3.42. The quantitative estimate of drug-likeness (QED) is 0.478. The van der Waals surface area contributed by atoms with Gasteiger partial charge in [0.1, 0.15) is 5.82 Å². The summed E-state index contributed by atoms with van der Waals surface area (Å²) in [6.07, 6.45) is 4.69. The molecule has 1 aromatic carbocycles. The van der Waals surface area contributed by atoms with Crippen molar-refractivity contribution >= 4 is 0 Å². The molecule has 0 bridgehead atoms. The van der Waals surface area contributed by atoms with Gasteiger partial charge in [-0.25, -0.2) is 14.8 Å². The molecule has 3 aromatic heterocycles. The zero-order chi connectivity index (χ0) is 20.9. The summed E-state index contributed by atoms with van der Waals surface area (Å²) in [5, 5.41) is 19.0. The topological polar surface area (TPSA) is 98.1 Å². The number of rotatable bonds is 8. The van der Waals surface area contributed by atoms with Crippen LogP contribution in [0.15, 0.2) is 42.6 Å². The third-order valence-corrected chi connectivity index (χ3v) is 5.24. The maximum atomic E-state index is 4.82. The summed E-state index contributed by atoms with van der Waals surface area (Å²) in [6.45, 7) is 7.38. The summed E-state index contributed by atoms with van der Waals surface area (Å²) < 4.78 is 2.04. The number of H-pyrrole nitrogens is 1. The van der Waals surface area contributed by atoms with Crippen LogP contribution in [0, 0.1) is 0 Å². The highest BCUT2D eigenvalue weighted by atomic mass is 15.5. The van der Waals surface area contributed by atoms with E-state index in [0.717, 1.165) is 53.4 Å². The second kappa shape index (κ2) is 8.94. The maximum Gasteiger partial charge on any atom is 0.180 e. The third-order valence-electron chi connectivity index (χ3n) is 5.24. The van der Waals surface area contributed by atoms with E-state index in [1.807, 2.05) is 41.2 Å². The lowest BCUT2D eigenvalue weighted by atomic mass is 10.0. The van der Waals surface area contributed by atoms with Crippen molar-refractivity contribution in [1.82, 2.24) is 40.4 Å². The molecule has 3 heterocycles. The molecule has 0 amide bonds. The number of hydrogen-bond acceptors (Lipinski definition) is 6. The lowest BCUT2D eigenvalue weighted by molar-refractivity contribution is 0.562. The first kappa shape index (κ1) is 19.9. The molecule has 0 saturated heterocycles. The molecule has 0 aliphatic carbocycles. The minimum Gasteiger partial charge on any atom is -0.256 e. The van der Waals surface area contributed by atoms with E-state index in [4.69, 9.17) is 15.1 Å². The van der Waals surface area contributed by atoms with Gasteiger partial charge in [0.05, 0.1) is 5.69 Å². The minimum absolute atomic E-state index is 0.365. The van der Waals surface area contributed by atoms with Crippen molar-refractivity contribution in [2.45, 2.75) is 52.5 Å². The van der Waals surface area contributed by atoms with Crippen LogP contribution in [0.1, 0.15) is 56.7 Å². The number of benzene rings is 1. The third kappa shape index (κ3) is 4.12. The standard InChI is InChI=1S/C22H26N8/c1-4-12-30-20(24-21(27-30)15(3)5-2)13-16-10-11-19(23-14-16)17-8-6-7-9-18(17)22-25-28-29-26-22/h6-11,14-15H,4-5,12-13H2,1-3H3,(H,25,26,28,29). The molecule has 154 valence electrons. The molecule has 30 heavy (non-hydrogen) atoms. The Labute approximate surface area is 175 Å². The second-order valence-electron chi connectivity index (χ2n) is 7.44. The molecular weight excluding hydrogens is 376 g/mol. The summed E-state index contributed by atoms with van der Waals surface area (Å²) >= 11 is 0. The van der Waals surface area contributed by atoms with Gasteiger partial charge in [-0.1, -0.05) is 51.1 Å². The van der Waals surface area contributed by atoms with Gasteiger partial charge in [-0.3, -0.25) is 4.98 Å². The number of aryl methyl sites for hydroxylation is 1. The molecule has 1 N–H and O–H groups in total. The van der Waals surface area contributed by atoms with Crippen LogP contribution in [0.3, 0.4) is 0 Å². The van der Waals surface area contributed by atoms with Gasteiger partial charge in [-0.2, -0.15) is 5.10 Å². The molecular formula is C22H26N8. The molecule has 4 aromatic rings. The van der Waals surface area contributed by atoms with Crippen LogP contribution in [0.2, 0.25) is 0 Å². The molecule has 1 unspecified atom stereocenters. The van der Waals surface area contributed by atoms with Crippen LogP contribution < -0.4 is 0 Å². The van der Waals surface area contributed by atoms with Crippen molar-refractivity contribution in [3.8, 4) is 22.6 Å². The van der Waals surface area contributed by atoms with Crippen LogP contribution in [0.5, 0.6) is 0 Å². The van der Waals surface area contributed by atoms with Gasteiger partial charge in [0.25, 0.3) is 0 Å². The average Bonchev–Trinajstić information content (AvgIpc) is 3.45. The SMILES string of the molecule is CCCn1nc(C(C)CC)nc1Cc1ccc(-c2ccccc2-c2nnn[nH]2)nc1. The molecule has 0 spiro atoms. The van der Waals surface area contributed by atoms with E-state index < -0.39 is 0 Å². The summed E-state index contributed by atoms with van der Waals surface area (Å²) in [5.41, 5.74) is 3.89. The molecule has 0 fully saturated rings. The summed E-state index contributed by atoms with van der Waals surface area (Å²) in [4.78, 5) is 9.53. The smallest absolute Gasteiger partial charge is 0.180 e. The first-order chi connectivity index (χ1) is 14.7. The number of pyridine rings is 1. The van der Waals surface area contributed by atoms with Gasteiger partial charge in [0.15, 0.2) is 11.6 Å². The highest BCUT2D eigenvalue weighted by molar-refractivity contribution is 5.78. The Morgan fingerprint density at radius 1 is 1.07 bits per heavy atom. The number of nitrogens with zero attached hydrogens (tertiary/aromatic N) is 7. The fourth-order valence-corrected chi connectivity index (χ4v) is 3.36. The second-order valence-corrected chi connectivity index (χ2v) is 7.44. The van der Waals surface area contributed by atoms with Crippen LogP contribution in [0.4, 0.5) is 0 Å². The van der Waals surface area contributed by atoms with Crippen molar-refractivity contribution < 1.29 is 0 Å².